The molecular formula is C7H13F3N2O3. The highest BCUT2D eigenvalue weighted by Crippen LogP contribution is 2.13. The maximum atomic E-state index is 10.6. The Morgan fingerprint density at radius 1 is 1.60 bits per heavy atom. The molecule has 0 aromatic rings. The Morgan fingerprint density at radius 3 is 2.00 bits per heavy atom. The van der Waals surface area contributed by atoms with E-state index in [9.17, 15) is 13.2 Å². The molecule has 0 spiro atoms. The van der Waals surface area contributed by atoms with E-state index in [2.05, 4.69) is 5.32 Å². The Kier molecular flexibility index (Phi) is 4.98. The Bertz CT molecular complexity index is 203. The third kappa shape index (κ3) is 4.45. The summed E-state index contributed by atoms with van der Waals surface area (Å²) in [6.45, 7) is 2.43. The molecule has 0 aromatic heterocycles. The van der Waals surface area contributed by atoms with Crippen LogP contribution in [0.15, 0.2) is 0 Å². The number of methoxy groups -OCH3 is 1. The van der Waals surface area contributed by atoms with Crippen LogP contribution in [0.25, 0.3) is 0 Å². The van der Waals surface area contributed by atoms with Crippen LogP contribution >= 0.6 is 0 Å². The van der Waals surface area contributed by atoms with Crippen LogP contribution in [0, 0.1) is 0 Å². The van der Waals surface area contributed by atoms with Gasteiger partial charge in [-0.05, 0) is 0 Å². The van der Waals surface area contributed by atoms with E-state index in [0.717, 1.165) is 13.1 Å². The van der Waals surface area contributed by atoms with Gasteiger partial charge in [0, 0.05) is 26.7 Å². The van der Waals surface area contributed by atoms with Crippen molar-refractivity contribution >= 4 is 5.97 Å². The fraction of sp³-hybridized carbons (Fsp3) is 0.857. The first kappa shape index (κ1) is 14.1. The van der Waals surface area contributed by atoms with Gasteiger partial charge in [0.1, 0.15) is 5.60 Å². The molecule has 1 aliphatic heterocycles. The number of ether oxygens (including phenoxy) is 1. The lowest BCUT2D eigenvalue weighted by atomic mass is 9.98. The van der Waals surface area contributed by atoms with Crippen molar-refractivity contribution < 1.29 is 27.8 Å². The molecule has 4 N–H and O–H groups in total. The van der Waals surface area contributed by atoms with Crippen LogP contribution < -0.4 is 11.1 Å². The second kappa shape index (κ2) is 5.29. The normalized spacial score (nSPS) is 18.5. The second-order valence-corrected chi connectivity index (χ2v) is 3.00. The topological polar surface area (TPSA) is 84.6 Å². The van der Waals surface area contributed by atoms with Gasteiger partial charge < -0.3 is 20.9 Å². The molecule has 0 saturated carbocycles. The van der Waals surface area contributed by atoms with Gasteiger partial charge in [-0.1, -0.05) is 0 Å². The van der Waals surface area contributed by atoms with Crippen molar-refractivity contribution in [1.29, 1.82) is 0 Å². The molecule has 90 valence electrons. The average molecular weight is 230 g/mol. The maximum Gasteiger partial charge on any atom is 0.490 e. The minimum absolute atomic E-state index is 0.0278. The van der Waals surface area contributed by atoms with Gasteiger partial charge in [-0.3, -0.25) is 0 Å². The molecule has 0 bridgehead atoms. The average Bonchev–Trinajstić information content (AvgIpc) is 2.03. The zero-order valence-electron chi connectivity index (χ0n) is 8.10. The molecule has 5 nitrogen and oxygen atoms in total. The van der Waals surface area contributed by atoms with Gasteiger partial charge in [0.25, 0.3) is 0 Å². The smallest absolute Gasteiger partial charge is 0.475 e. The predicted octanol–water partition coefficient (Wildman–Crippen LogP) is -0.433. The van der Waals surface area contributed by atoms with Crippen LogP contribution in [-0.2, 0) is 9.53 Å². The lowest BCUT2D eigenvalue weighted by molar-refractivity contribution is -0.192. The summed E-state index contributed by atoms with van der Waals surface area (Å²) in [7, 11) is 1.70. The summed E-state index contributed by atoms with van der Waals surface area (Å²) >= 11 is 0. The van der Waals surface area contributed by atoms with E-state index in [0.29, 0.717) is 6.54 Å². The number of nitrogens with two attached hydrogens (primary N) is 1. The number of carbonyl (C=O) groups is 1. The van der Waals surface area contributed by atoms with Crippen LogP contribution in [-0.4, -0.2) is 49.6 Å². The Morgan fingerprint density at radius 2 is 2.00 bits per heavy atom. The van der Waals surface area contributed by atoms with Crippen molar-refractivity contribution in [2.24, 2.45) is 5.73 Å². The van der Waals surface area contributed by atoms with E-state index in [1.165, 1.54) is 0 Å². The summed E-state index contributed by atoms with van der Waals surface area (Å²) in [5, 5.41) is 10.2. The minimum atomic E-state index is -5.08. The highest BCUT2D eigenvalue weighted by atomic mass is 19.4. The molecule has 0 atom stereocenters. The molecule has 0 radical (unpaired) electrons. The lowest BCUT2D eigenvalue weighted by Crippen LogP contribution is -2.64. The van der Waals surface area contributed by atoms with Crippen LogP contribution in [0.3, 0.4) is 0 Å². The third-order valence-electron chi connectivity index (χ3n) is 1.94. The van der Waals surface area contributed by atoms with Gasteiger partial charge in [0.2, 0.25) is 0 Å². The predicted molar refractivity (Wildman–Crippen MR) is 45.4 cm³/mol. The SMILES string of the molecule is COC1(CN)CNC1.O=C(O)C(F)(F)F. The Balaban J connectivity index is 0.000000265. The van der Waals surface area contributed by atoms with E-state index in [1.807, 2.05) is 0 Å². The molecule has 1 rings (SSSR count). The van der Waals surface area contributed by atoms with Crippen molar-refractivity contribution in [2.45, 2.75) is 11.8 Å². The molecule has 0 aromatic carbocycles. The highest BCUT2D eigenvalue weighted by molar-refractivity contribution is 5.73. The molecule has 1 heterocycles. The summed E-state index contributed by atoms with van der Waals surface area (Å²) in [5.74, 6) is -2.76. The summed E-state index contributed by atoms with van der Waals surface area (Å²) in [4.78, 5) is 8.90. The highest BCUT2D eigenvalue weighted by Gasteiger charge is 2.38. The number of hydrogen-bond donors (Lipinski definition) is 3. The number of hydrogen-bond acceptors (Lipinski definition) is 4. The zero-order valence-corrected chi connectivity index (χ0v) is 8.10. The quantitative estimate of drug-likeness (QED) is 0.599. The molecule has 0 amide bonds. The summed E-state index contributed by atoms with van der Waals surface area (Å²) in [6.07, 6.45) is -5.08. The van der Waals surface area contributed by atoms with E-state index >= 15 is 0 Å². The fourth-order valence-electron chi connectivity index (χ4n) is 0.776. The maximum absolute atomic E-state index is 10.6. The van der Waals surface area contributed by atoms with Gasteiger partial charge >= 0.3 is 12.1 Å². The van der Waals surface area contributed by atoms with Gasteiger partial charge in [0.15, 0.2) is 0 Å². The van der Waals surface area contributed by atoms with Crippen molar-refractivity contribution in [2.75, 3.05) is 26.7 Å². The Labute approximate surface area is 84.4 Å². The van der Waals surface area contributed by atoms with E-state index in [-0.39, 0.29) is 5.60 Å². The molecule has 1 aliphatic rings. The summed E-state index contributed by atoms with van der Waals surface area (Å²) < 4.78 is 36.9. The fourth-order valence-corrected chi connectivity index (χ4v) is 0.776. The van der Waals surface area contributed by atoms with Gasteiger partial charge in [-0.2, -0.15) is 13.2 Å². The molecular weight excluding hydrogens is 217 g/mol. The van der Waals surface area contributed by atoms with Crippen molar-refractivity contribution in [3.05, 3.63) is 0 Å². The number of carboxylic acids is 1. The first-order chi connectivity index (χ1) is 6.77. The summed E-state index contributed by atoms with van der Waals surface area (Å²) in [5.41, 5.74) is 5.39. The van der Waals surface area contributed by atoms with Crippen LogP contribution in [0.1, 0.15) is 0 Å². The van der Waals surface area contributed by atoms with Gasteiger partial charge in [0.05, 0.1) is 0 Å². The number of aliphatic carboxylic acids is 1. The van der Waals surface area contributed by atoms with Gasteiger partial charge in [-0.15, -0.1) is 0 Å². The second-order valence-electron chi connectivity index (χ2n) is 3.00. The van der Waals surface area contributed by atoms with E-state index in [4.69, 9.17) is 20.4 Å². The number of rotatable bonds is 2. The van der Waals surface area contributed by atoms with Crippen molar-refractivity contribution in [3.63, 3.8) is 0 Å². The monoisotopic (exact) mass is 230 g/mol. The minimum Gasteiger partial charge on any atom is -0.475 e. The van der Waals surface area contributed by atoms with Crippen LogP contribution in [0.2, 0.25) is 0 Å². The first-order valence-corrected chi connectivity index (χ1v) is 4.03. The number of carboxylic acid groups (broad SMARTS) is 1. The van der Waals surface area contributed by atoms with E-state index < -0.39 is 12.1 Å². The number of halogens is 3. The molecule has 0 unspecified atom stereocenters. The number of nitrogens with one attached hydrogen (secondary N) is 1. The van der Waals surface area contributed by atoms with Gasteiger partial charge in [-0.25, -0.2) is 4.79 Å². The van der Waals surface area contributed by atoms with E-state index in [1.54, 1.807) is 7.11 Å². The van der Waals surface area contributed by atoms with Crippen LogP contribution in [0.4, 0.5) is 13.2 Å². The molecule has 8 heteroatoms. The molecule has 1 saturated heterocycles. The molecule has 15 heavy (non-hydrogen) atoms. The first-order valence-electron chi connectivity index (χ1n) is 4.03. The third-order valence-corrected chi connectivity index (χ3v) is 1.94. The van der Waals surface area contributed by atoms with Crippen molar-refractivity contribution in [1.82, 2.24) is 5.32 Å². The largest absolute Gasteiger partial charge is 0.490 e. The van der Waals surface area contributed by atoms with Crippen LogP contribution in [0.5, 0.6) is 0 Å². The summed E-state index contributed by atoms with van der Waals surface area (Å²) in [6, 6.07) is 0. The zero-order chi connectivity index (χ0) is 12.1. The number of alkyl halides is 3. The molecule has 0 aliphatic carbocycles. The standard InChI is InChI=1S/C5H12N2O.C2HF3O2/c1-8-5(2-6)3-7-4-5;3-2(4,5)1(6)7/h7H,2-4,6H2,1H3;(H,6,7). The van der Waals surface area contributed by atoms with Crippen molar-refractivity contribution in [3.8, 4) is 0 Å². The molecule has 1 fully saturated rings. The Hall–Kier alpha value is -0.860. The lowest BCUT2D eigenvalue weighted by Gasteiger charge is -2.40.